The summed E-state index contributed by atoms with van der Waals surface area (Å²) < 4.78 is 12.5. The molecular formula is C8H9FN2O. The first-order valence-electron chi connectivity index (χ1n) is 3.51. The fourth-order valence-electron chi connectivity index (χ4n) is 0.810. The molecule has 0 bridgehead atoms. The van der Waals surface area contributed by atoms with Crippen LogP contribution in [0.25, 0.3) is 0 Å². The summed E-state index contributed by atoms with van der Waals surface area (Å²) >= 11 is 0. The Balaban J connectivity index is 2.96. The number of carbonyl (C=O) groups excluding carboxylic acids is 1. The number of nitrogens with zero attached hydrogens (tertiary/aromatic N) is 1. The van der Waals surface area contributed by atoms with Gasteiger partial charge in [-0.3, -0.25) is 9.78 Å². The Kier molecular flexibility index (Phi) is 2.50. The van der Waals surface area contributed by atoms with E-state index in [1.807, 2.05) is 0 Å². The first kappa shape index (κ1) is 8.80. The van der Waals surface area contributed by atoms with Gasteiger partial charge in [0, 0.05) is 11.8 Å². The van der Waals surface area contributed by atoms with Gasteiger partial charge in [-0.1, -0.05) is 0 Å². The lowest BCUT2D eigenvalue weighted by molar-refractivity contribution is 0.0967. The number of nitrogens with two attached hydrogens (primary N) is 1. The number of carbonyl (C=O) groups is 1. The summed E-state index contributed by atoms with van der Waals surface area (Å²) in [4.78, 5) is 14.7. The van der Waals surface area contributed by atoms with E-state index in [-0.39, 0.29) is 11.3 Å². The van der Waals surface area contributed by atoms with Crippen LogP contribution in [0.2, 0.25) is 0 Å². The lowest BCUT2D eigenvalue weighted by Gasteiger charge is -2.02. The average Bonchev–Trinajstić information content (AvgIpc) is 2.03. The lowest BCUT2D eigenvalue weighted by atomic mass is 10.1. The van der Waals surface area contributed by atoms with Crippen molar-refractivity contribution >= 4 is 5.78 Å². The first-order chi connectivity index (χ1) is 5.61. The number of hydrogen-bond donors (Lipinski definition) is 1. The predicted octanol–water partition coefficient (Wildman–Crippen LogP) is 0.751. The van der Waals surface area contributed by atoms with E-state index in [1.165, 1.54) is 6.20 Å². The van der Waals surface area contributed by atoms with Gasteiger partial charge in [0.25, 0.3) is 0 Å². The fourth-order valence-corrected chi connectivity index (χ4v) is 0.810. The number of halogens is 1. The molecule has 1 aromatic heterocycles. The van der Waals surface area contributed by atoms with Gasteiger partial charge in [0.15, 0.2) is 5.78 Å². The van der Waals surface area contributed by atoms with Gasteiger partial charge in [0.05, 0.1) is 12.2 Å². The summed E-state index contributed by atoms with van der Waals surface area (Å²) in [5.41, 5.74) is 5.53. The maximum Gasteiger partial charge on any atom is 0.180 e. The molecule has 0 aliphatic carbocycles. The van der Waals surface area contributed by atoms with Gasteiger partial charge < -0.3 is 5.73 Å². The van der Waals surface area contributed by atoms with E-state index < -0.39 is 11.9 Å². The van der Waals surface area contributed by atoms with E-state index >= 15 is 0 Å². The Labute approximate surface area is 69.4 Å². The van der Waals surface area contributed by atoms with Crippen molar-refractivity contribution in [2.45, 2.75) is 13.0 Å². The van der Waals surface area contributed by atoms with Gasteiger partial charge in [-0.25, -0.2) is 4.39 Å². The summed E-state index contributed by atoms with van der Waals surface area (Å²) in [5, 5.41) is 0. The van der Waals surface area contributed by atoms with Gasteiger partial charge in [-0.15, -0.1) is 0 Å². The van der Waals surface area contributed by atoms with Crippen LogP contribution in [0.15, 0.2) is 18.5 Å². The molecule has 1 rings (SSSR count). The molecule has 1 aromatic rings. The monoisotopic (exact) mass is 168 g/mol. The lowest BCUT2D eigenvalue weighted by Crippen LogP contribution is -2.26. The zero-order valence-electron chi connectivity index (χ0n) is 6.62. The van der Waals surface area contributed by atoms with Crippen LogP contribution < -0.4 is 5.73 Å². The highest BCUT2D eigenvalue weighted by Gasteiger charge is 2.11. The third-order valence-electron chi connectivity index (χ3n) is 1.40. The molecule has 12 heavy (non-hydrogen) atoms. The Morgan fingerprint density at radius 3 is 2.83 bits per heavy atom. The van der Waals surface area contributed by atoms with Crippen molar-refractivity contribution in [1.29, 1.82) is 0 Å². The van der Waals surface area contributed by atoms with Gasteiger partial charge >= 0.3 is 0 Å². The third kappa shape index (κ3) is 1.85. The molecule has 0 aliphatic rings. The summed E-state index contributed by atoms with van der Waals surface area (Å²) in [7, 11) is 0. The van der Waals surface area contributed by atoms with Crippen LogP contribution in [0.5, 0.6) is 0 Å². The van der Waals surface area contributed by atoms with E-state index in [4.69, 9.17) is 5.73 Å². The third-order valence-corrected chi connectivity index (χ3v) is 1.40. The van der Waals surface area contributed by atoms with Crippen LogP contribution in [0.4, 0.5) is 4.39 Å². The SMILES string of the molecule is CC(N)C(=O)c1cncc(F)c1. The van der Waals surface area contributed by atoms with E-state index in [9.17, 15) is 9.18 Å². The molecule has 0 saturated carbocycles. The van der Waals surface area contributed by atoms with E-state index in [0.29, 0.717) is 0 Å². The van der Waals surface area contributed by atoms with Gasteiger partial charge in [-0.05, 0) is 13.0 Å². The molecule has 1 atom stereocenters. The van der Waals surface area contributed by atoms with Crippen LogP contribution in [-0.4, -0.2) is 16.8 Å². The predicted molar refractivity (Wildman–Crippen MR) is 42.2 cm³/mol. The van der Waals surface area contributed by atoms with E-state index in [2.05, 4.69) is 4.98 Å². The molecule has 1 unspecified atom stereocenters. The minimum absolute atomic E-state index is 0.213. The zero-order valence-corrected chi connectivity index (χ0v) is 6.62. The Hall–Kier alpha value is -1.29. The normalized spacial score (nSPS) is 12.6. The Morgan fingerprint density at radius 1 is 1.67 bits per heavy atom. The molecule has 0 aromatic carbocycles. The quantitative estimate of drug-likeness (QED) is 0.663. The number of aromatic nitrogens is 1. The molecule has 0 aliphatic heterocycles. The molecule has 1 heterocycles. The molecular weight excluding hydrogens is 159 g/mol. The van der Waals surface area contributed by atoms with Crippen molar-refractivity contribution in [1.82, 2.24) is 4.98 Å². The Bertz CT molecular complexity index is 299. The first-order valence-corrected chi connectivity index (χ1v) is 3.51. The molecule has 0 saturated heterocycles. The highest BCUT2D eigenvalue weighted by Crippen LogP contribution is 2.03. The summed E-state index contributed by atoms with van der Waals surface area (Å²) in [6, 6.07) is 0.507. The van der Waals surface area contributed by atoms with Crippen LogP contribution in [0.3, 0.4) is 0 Å². The topological polar surface area (TPSA) is 56.0 Å². The molecule has 4 heteroatoms. The van der Waals surface area contributed by atoms with E-state index in [1.54, 1.807) is 6.92 Å². The molecule has 64 valence electrons. The number of Topliss-reactive ketones (excluding diaryl/α,β-unsaturated/α-hetero) is 1. The van der Waals surface area contributed by atoms with Gasteiger partial charge in [-0.2, -0.15) is 0 Å². The molecule has 3 nitrogen and oxygen atoms in total. The van der Waals surface area contributed by atoms with Crippen molar-refractivity contribution in [2.75, 3.05) is 0 Å². The number of pyridine rings is 1. The second kappa shape index (κ2) is 3.40. The van der Waals surface area contributed by atoms with Crippen molar-refractivity contribution in [3.63, 3.8) is 0 Å². The molecule has 0 amide bonds. The molecule has 0 fully saturated rings. The van der Waals surface area contributed by atoms with Crippen LogP contribution in [0.1, 0.15) is 17.3 Å². The summed E-state index contributed by atoms with van der Waals surface area (Å²) in [6.07, 6.45) is 2.34. The van der Waals surface area contributed by atoms with Crippen LogP contribution in [-0.2, 0) is 0 Å². The van der Waals surface area contributed by atoms with Crippen LogP contribution >= 0.6 is 0 Å². The Morgan fingerprint density at radius 2 is 2.33 bits per heavy atom. The van der Waals surface area contributed by atoms with Crippen molar-refractivity contribution in [3.8, 4) is 0 Å². The average molecular weight is 168 g/mol. The second-order valence-electron chi connectivity index (χ2n) is 2.54. The minimum Gasteiger partial charge on any atom is -0.321 e. The highest BCUT2D eigenvalue weighted by molar-refractivity contribution is 5.99. The standard InChI is InChI=1S/C8H9FN2O/c1-5(10)8(12)6-2-7(9)4-11-3-6/h2-5H,10H2,1H3. The number of hydrogen-bond acceptors (Lipinski definition) is 3. The van der Waals surface area contributed by atoms with Crippen molar-refractivity contribution in [2.24, 2.45) is 5.73 Å². The molecule has 0 spiro atoms. The highest BCUT2D eigenvalue weighted by atomic mass is 19.1. The van der Waals surface area contributed by atoms with Gasteiger partial charge in [0.2, 0.25) is 0 Å². The summed E-state index contributed by atoms with van der Waals surface area (Å²) in [6.45, 7) is 1.55. The zero-order chi connectivity index (χ0) is 9.14. The summed E-state index contributed by atoms with van der Waals surface area (Å²) in [5.74, 6) is -0.830. The smallest absolute Gasteiger partial charge is 0.180 e. The second-order valence-corrected chi connectivity index (χ2v) is 2.54. The molecule has 2 N–H and O–H groups in total. The van der Waals surface area contributed by atoms with Crippen molar-refractivity contribution in [3.05, 3.63) is 29.8 Å². The van der Waals surface area contributed by atoms with Gasteiger partial charge in [0.1, 0.15) is 5.82 Å². The minimum atomic E-state index is -0.617. The number of ketones is 1. The van der Waals surface area contributed by atoms with Crippen LogP contribution in [0, 0.1) is 5.82 Å². The maximum absolute atomic E-state index is 12.5. The molecule has 0 radical (unpaired) electrons. The largest absolute Gasteiger partial charge is 0.321 e. The number of rotatable bonds is 2. The fraction of sp³-hybridized carbons (Fsp3) is 0.250. The van der Waals surface area contributed by atoms with E-state index in [0.717, 1.165) is 12.3 Å². The van der Waals surface area contributed by atoms with Crippen molar-refractivity contribution < 1.29 is 9.18 Å². The maximum atomic E-state index is 12.5.